The van der Waals surface area contributed by atoms with Gasteiger partial charge in [0.05, 0.1) is 15.4 Å². The number of fused-ring (bicyclic) bond motifs is 1. The maximum absolute atomic E-state index is 12.8. The lowest BCUT2D eigenvalue weighted by atomic mass is 10.0. The van der Waals surface area contributed by atoms with Gasteiger partial charge in [-0.1, -0.05) is 59.6 Å². The van der Waals surface area contributed by atoms with E-state index in [0.29, 0.717) is 26.1 Å². The van der Waals surface area contributed by atoms with Gasteiger partial charge in [0.2, 0.25) is 0 Å². The number of nitrogens with zero attached hydrogens (tertiary/aromatic N) is 1. The second kappa shape index (κ2) is 6.30. The molecule has 2 aromatic carbocycles. The molecule has 25 heavy (non-hydrogen) atoms. The normalized spacial score (nSPS) is 11.2. The molecule has 4 rings (SSSR count). The lowest BCUT2D eigenvalue weighted by Gasteiger charge is -2.05. The summed E-state index contributed by atoms with van der Waals surface area (Å²) in [5.74, 6) is 0.569. The minimum absolute atomic E-state index is 0.158. The van der Waals surface area contributed by atoms with Crippen molar-refractivity contribution in [3.63, 3.8) is 0 Å². The predicted molar refractivity (Wildman–Crippen MR) is 106 cm³/mol. The first kappa shape index (κ1) is 16.3. The van der Waals surface area contributed by atoms with Crippen LogP contribution in [0.4, 0.5) is 0 Å². The van der Waals surface area contributed by atoms with E-state index in [1.54, 1.807) is 12.1 Å². The maximum Gasteiger partial charge on any atom is 0.260 e. The van der Waals surface area contributed by atoms with E-state index < -0.39 is 0 Å². The molecule has 0 unspecified atom stereocenters. The Morgan fingerprint density at radius 3 is 2.48 bits per heavy atom. The number of rotatable bonds is 2. The number of hydrogen-bond donors (Lipinski definition) is 1. The van der Waals surface area contributed by atoms with Crippen molar-refractivity contribution in [3.05, 3.63) is 73.8 Å². The van der Waals surface area contributed by atoms with Crippen LogP contribution in [0.2, 0.25) is 10.0 Å². The number of aromatic nitrogens is 2. The summed E-state index contributed by atoms with van der Waals surface area (Å²) >= 11 is 13.7. The Morgan fingerprint density at radius 1 is 1.00 bits per heavy atom. The maximum atomic E-state index is 12.8. The third-order valence-corrected chi connectivity index (χ3v) is 5.73. The second-order valence-corrected chi connectivity index (χ2v) is 7.64. The first-order valence-electron chi connectivity index (χ1n) is 7.59. The van der Waals surface area contributed by atoms with E-state index >= 15 is 0 Å². The fraction of sp³-hybridized carbons (Fsp3) is 0.0526. The molecule has 0 amide bonds. The first-order valence-corrected chi connectivity index (χ1v) is 9.16. The molecule has 0 saturated heterocycles. The zero-order valence-electron chi connectivity index (χ0n) is 13.1. The topological polar surface area (TPSA) is 45.8 Å². The molecular formula is C19H12Cl2N2OS. The van der Waals surface area contributed by atoms with Crippen molar-refractivity contribution < 1.29 is 0 Å². The number of aryl methyl sites for hydroxylation is 1. The molecule has 3 nitrogen and oxygen atoms in total. The third kappa shape index (κ3) is 2.86. The smallest absolute Gasteiger partial charge is 0.260 e. The van der Waals surface area contributed by atoms with Crippen LogP contribution in [-0.2, 0) is 0 Å². The molecule has 2 aromatic heterocycles. The van der Waals surface area contributed by atoms with E-state index in [0.717, 1.165) is 21.6 Å². The summed E-state index contributed by atoms with van der Waals surface area (Å²) in [6, 6.07) is 15.0. The highest BCUT2D eigenvalue weighted by molar-refractivity contribution is 7.19. The molecule has 0 radical (unpaired) electrons. The van der Waals surface area contributed by atoms with Gasteiger partial charge >= 0.3 is 0 Å². The zero-order chi connectivity index (χ0) is 17.6. The molecule has 124 valence electrons. The van der Waals surface area contributed by atoms with Crippen molar-refractivity contribution >= 4 is 44.8 Å². The second-order valence-electron chi connectivity index (χ2n) is 5.62. The lowest BCUT2D eigenvalue weighted by molar-refractivity contribution is 1.19. The van der Waals surface area contributed by atoms with Gasteiger partial charge in [0.15, 0.2) is 0 Å². The molecule has 0 aliphatic carbocycles. The molecule has 0 saturated carbocycles. The van der Waals surface area contributed by atoms with E-state index in [2.05, 4.69) is 9.97 Å². The van der Waals surface area contributed by atoms with Crippen molar-refractivity contribution in [1.29, 1.82) is 0 Å². The van der Waals surface area contributed by atoms with Crippen LogP contribution in [0, 0.1) is 6.92 Å². The molecule has 1 N–H and O–H groups in total. The number of aromatic amines is 1. The minimum Gasteiger partial charge on any atom is -0.306 e. The van der Waals surface area contributed by atoms with Crippen LogP contribution in [0.25, 0.3) is 32.7 Å². The van der Waals surface area contributed by atoms with Gasteiger partial charge < -0.3 is 4.98 Å². The molecule has 0 aliphatic heterocycles. The minimum atomic E-state index is -0.158. The molecule has 2 heterocycles. The van der Waals surface area contributed by atoms with Gasteiger partial charge in [0, 0.05) is 16.0 Å². The van der Waals surface area contributed by atoms with E-state index in [1.807, 2.05) is 43.3 Å². The van der Waals surface area contributed by atoms with Gasteiger partial charge in [-0.25, -0.2) is 4.98 Å². The van der Waals surface area contributed by atoms with Crippen LogP contribution in [0.15, 0.2) is 53.3 Å². The highest BCUT2D eigenvalue weighted by atomic mass is 35.5. The van der Waals surface area contributed by atoms with Crippen LogP contribution in [0.3, 0.4) is 0 Å². The Hall–Kier alpha value is -2.14. The van der Waals surface area contributed by atoms with Crippen LogP contribution < -0.4 is 5.56 Å². The molecule has 0 aliphatic rings. The molecule has 0 atom stereocenters. The molecular weight excluding hydrogens is 375 g/mol. The number of halogens is 2. The monoisotopic (exact) mass is 386 g/mol. The van der Waals surface area contributed by atoms with Gasteiger partial charge in [-0.15, -0.1) is 11.3 Å². The Morgan fingerprint density at radius 2 is 1.76 bits per heavy atom. The fourth-order valence-electron chi connectivity index (χ4n) is 2.85. The van der Waals surface area contributed by atoms with Crippen molar-refractivity contribution in [2.24, 2.45) is 0 Å². The number of nitrogens with one attached hydrogen (secondary N) is 1. The van der Waals surface area contributed by atoms with Crippen LogP contribution in [0.1, 0.15) is 4.88 Å². The average Bonchev–Trinajstić information content (AvgIpc) is 2.94. The Balaban J connectivity index is 1.97. The first-order chi connectivity index (χ1) is 12.0. The Kier molecular flexibility index (Phi) is 4.12. The van der Waals surface area contributed by atoms with Crippen LogP contribution >= 0.6 is 34.5 Å². The summed E-state index contributed by atoms with van der Waals surface area (Å²) in [4.78, 5) is 22.1. The number of H-pyrrole nitrogens is 1. The molecule has 0 spiro atoms. The molecule has 0 fully saturated rings. The summed E-state index contributed by atoms with van der Waals surface area (Å²) in [6.07, 6.45) is 0. The zero-order valence-corrected chi connectivity index (χ0v) is 15.5. The number of thiophene rings is 1. The van der Waals surface area contributed by atoms with Crippen molar-refractivity contribution in [1.82, 2.24) is 9.97 Å². The summed E-state index contributed by atoms with van der Waals surface area (Å²) < 4.78 is 0. The number of hydrogen-bond acceptors (Lipinski definition) is 3. The summed E-state index contributed by atoms with van der Waals surface area (Å²) in [5, 5.41) is 1.53. The standard InChI is InChI=1S/C19H12Cl2N2OS/c1-10-15(12-7-8-13(20)14(21)9-12)16-18(24)22-17(23-19(16)25-10)11-5-3-2-4-6-11/h2-9H,1H3,(H,22,23,24). The van der Waals surface area contributed by atoms with Gasteiger partial charge in [-0.2, -0.15) is 0 Å². The third-order valence-electron chi connectivity index (χ3n) is 3.99. The van der Waals surface area contributed by atoms with Crippen molar-refractivity contribution in [2.75, 3.05) is 0 Å². The molecule has 0 bridgehead atoms. The van der Waals surface area contributed by atoms with E-state index in [-0.39, 0.29) is 5.56 Å². The van der Waals surface area contributed by atoms with Gasteiger partial charge in [0.1, 0.15) is 10.7 Å². The summed E-state index contributed by atoms with van der Waals surface area (Å²) in [6.45, 7) is 1.98. The Labute approximate surface area is 157 Å². The van der Waals surface area contributed by atoms with E-state index in [1.165, 1.54) is 11.3 Å². The average molecular weight is 387 g/mol. The van der Waals surface area contributed by atoms with E-state index in [4.69, 9.17) is 23.2 Å². The Bertz CT molecular complexity index is 1150. The molecule has 4 aromatic rings. The predicted octanol–water partition coefficient (Wildman–Crippen LogP) is 5.93. The van der Waals surface area contributed by atoms with Crippen LogP contribution in [0.5, 0.6) is 0 Å². The quantitative estimate of drug-likeness (QED) is 0.463. The van der Waals surface area contributed by atoms with Gasteiger partial charge in [0.25, 0.3) is 5.56 Å². The lowest BCUT2D eigenvalue weighted by Crippen LogP contribution is -2.09. The van der Waals surface area contributed by atoms with Crippen molar-refractivity contribution in [3.8, 4) is 22.5 Å². The number of benzene rings is 2. The largest absolute Gasteiger partial charge is 0.306 e. The van der Waals surface area contributed by atoms with Gasteiger partial charge in [-0.3, -0.25) is 4.79 Å². The van der Waals surface area contributed by atoms with E-state index in [9.17, 15) is 4.79 Å². The van der Waals surface area contributed by atoms with Crippen LogP contribution in [-0.4, -0.2) is 9.97 Å². The summed E-state index contributed by atoms with van der Waals surface area (Å²) in [5.41, 5.74) is 2.43. The van der Waals surface area contributed by atoms with Crippen molar-refractivity contribution in [2.45, 2.75) is 6.92 Å². The highest BCUT2D eigenvalue weighted by Gasteiger charge is 2.17. The summed E-state index contributed by atoms with van der Waals surface area (Å²) in [7, 11) is 0. The SMILES string of the molecule is Cc1sc2nc(-c3ccccc3)[nH]c(=O)c2c1-c1ccc(Cl)c(Cl)c1. The molecule has 6 heteroatoms. The van der Waals surface area contributed by atoms with Gasteiger partial charge in [-0.05, 0) is 24.6 Å². The highest BCUT2D eigenvalue weighted by Crippen LogP contribution is 2.38. The fourth-order valence-corrected chi connectivity index (χ4v) is 4.19.